The molecule has 0 atom stereocenters. The van der Waals surface area contributed by atoms with E-state index in [2.05, 4.69) is 20.7 Å². The summed E-state index contributed by atoms with van der Waals surface area (Å²) in [7, 11) is -7.02. The van der Waals surface area contributed by atoms with Crippen molar-refractivity contribution in [3.8, 4) is 0 Å². The van der Waals surface area contributed by atoms with E-state index in [1.165, 1.54) is 4.31 Å². The van der Waals surface area contributed by atoms with Crippen molar-refractivity contribution in [3.05, 3.63) is 59.7 Å². The molecule has 0 saturated heterocycles. The maximum atomic E-state index is 12.8. The number of nitrogens with zero attached hydrogens (tertiary/aromatic N) is 1. The fourth-order valence-corrected chi connectivity index (χ4v) is 5.07. The van der Waals surface area contributed by atoms with Crippen LogP contribution in [-0.4, -0.2) is 32.3 Å². The zero-order chi connectivity index (χ0) is 18.1. The molecule has 134 valence electrons. The zero-order valence-corrected chi connectivity index (χ0v) is 16.4. The topological polar surface area (TPSA) is 83.6 Å². The number of sulfonamides is 2. The molecule has 0 spiro atoms. The second kappa shape index (κ2) is 7.06. The molecule has 1 aliphatic rings. The number of halogens is 1. The minimum atomic E-state index is -3.57. The second-order valence-electron chi connectivity index (χ2n) is 5.71. The molecule has 1 heterocycles. The number of hydrogen-bond acceptors (Lipinski definition) is 4. The first-order valence-electron chi connectivity index (χ1n) is 7.55. The van der Waals surface area contributed by atoms with Crippen molar-refractivity contribution in [2.45, 2.75) is 17.9 Å². The van der Waals surface area contributed by atoms with E-state index in [4.69, 9.17) is 0 Å². The minimum absolute atomic E-state index is 0.203. The number of rotatable bonds is 5. The van der Waals surface area contributed by atoms with Crippen LogP contribution >= 0.6 is 15.9 Å². The SMILES string of the molecule is O=S(=O)(CBr)Nc1ccc2c(c1)CN(S(=O)(=O)c1ccccc1)CC2. The summed E-state index contributed by atoms with van der Waals surface area (Å²) in [6.07, 6.45) is 0.590. The first-order valence-corrected chi connectivity index (χ1v) is 11.8. The van der Waals surface area contributed by atoms with Gasteiger partial charge in [-0.1, -0.05) is 40.2 Å². The monoisotopic (exact) mass is 444 g/mol. The maximum Gasteiger partial charge on any atom is 0.243 e. The van der Waals surface area contributed by atoms with E-state index in [-0.39, 0.29) is 16.1 Å². The van der Waals surface area contributed by atoms with Gasteiger partial charge in [-0.15, -0.1) is 0 Å². The number of hydrogen-bond donors (Lipinski definition) is 1. The lowest BCUT2D eigenvalue weighted by Gasteiger charge is -2.28. The van der Waals surface area contributed by atoms with Gasteiger partial charge in [0.15, 0.2) is 0 Å². The van der Waals surface area contributed by atoms with Crippen molar-refractivity contribution in [1.29, 1.82) is 0 Å². The Kier molecular flexibility index (Phi) is 5.19. The Morgan fingerprint density at radius 1 is 1.00 bits per heavy atom. The predicted octanol–water partition coefficient (Wildman–Crippen LogP) is 2.53. The van der Waals surface area contributed by atoms with Gasteiger partial charge in [0, 0.05) is 18.8 Å². The van der Waals surface area contributed by atoms with Crippen LogP contribution in [0.15, 0.2) is 53.4 Å². The van der Waals surface area contributed by atoms with Crippen molar-refractivity contribution in [3.63, 3.8) is 0 Å². The van der Waals surface area contributed by atoms with Crippen LogP contribution in [0.5, 0.6) is 0 Å². The summed E-state index contributed by atoms with van der Waals surface area (Å²) >= 11 is 2.93. The maximum absolute atomic E-state index is 12.8. The summed E-state index contributed by atoms with van der Waals surface area (Å²) in [6.45, 7) is 0.618. The Labute approximate surface area is 156 Å². The van der Waals surface area contributed by atoms with E-state index in [0.717, 1.165) is 11.1 Å². The Morgan fingerprint density at radius 3 is 2.40 bits per heavy atom. The highest BCUT2D eigenvalue weighted by Gasteiger charge is 2.28. The largest absolute Gasteiger partial charge is 0.283 e. The third kappa shape index (κ3) is 4.05. The molecule has 2 aromatic rings. The van der Waals surface area contributed by atoms with E-state index < -0.39 is 20.0 Å². The van der Waals surface area contributed by atoms with Gasteiger partial charge in [-0.05, 0) is 41.8 Å². The highest BCUT2D eigenvalue weighted by molar-refractivity contribution is 9.10. The smallest absolute Gasteiger partial charge is 0.243 e. The quantitative estimate of drug-likeness (QED) is 0.718. The van der Waals surface area contributed by atoms with Gasteiger partial charge in [-0.25, -0.2) is 16.8 Å². The molecule has 25 heavy (non-hydrogen) atoms. The lowest BCUT2D eigenvalue weighted by molar-refractivity contribution is 0.391. The fraction of sp³-hybridized carbons (Fsp3) is 0.250. The van der Waals surface area contributed by atoms with Crippen LogP contribution in [-0.2, 0) is 33.0 Å². The van der Waals surface area contributed by atoms with E-state index in [1.54, 1.807) is 42.5 Å². The number of benzene rings is 2. The van der Waals surface area contributed by atoms with E-state index in [0.29, 0.717) is 18.7 Å². The van der Waals surface area contributed by atoms with Crippen LogP contribution in [0.25, 0.3) is 0 Å². The van der Waals surface area contributed by atoms with Crippen molar-refractivity contribution < 1.29 is 16.8 Å². The average Bonchev–Trinajstić information content (AvgIpc) is 2.61. The summed E-state index contributed by atoms with van der Waals surface area (Å²) in [6, 6.07) is 13.5. The zero-order valence-electron chi connectivity index (χ0n) is 13.2. The van der Waals surface area contributed by atoms with Gasteiger partial charge in [-0.2, -0.15) is 4.31 Å². The third-order valence-corrected chi connectivity index (χ3v) is 8.48. The van der Waals surface area contributed by atoms with Gasteiger partial charge in [0.1, 0.15) is 4.66 Å². The molecular formula is C16H17BrN2O4S2. The molecule has 0 aliphatic carbocycles. The molecule has 0 saturated carbocycles. The number of nitrogens with one attached hydrogen (secondary N) is 1. The van der Waals surface area contributed by atoms with Crippen molar-refractivity contribution in [1.82, 2.24) is 4.31 Å². The highest BCUT2D eigenvalue weighted by Crippen LogP contribution is 2.27. The highest BCUT2D eigenvalue weighted by atomic mass is 79.9. The lowest BCUT2D eigenvalue weighted by Crippen LogP contribution is -2.36. The average molecular weight is 445 g/mol. The molecule has 1 N–H and O–H groups in total. The van der Waals surface area contributed by atoms with Crippen LogP contribution in [0.4, 0.5) is 5.69 Å². The third-order valence-electron chi connectivity index (χ3n) is 3.98. The number of alkyl halides is 1. The molecule has 3 rings (SSSR count). The fourth-order valence-electron chi connectivity index (χ4n) is 2.75. The Hall–Kier alpha value is -1.42. The van der Waals surface area contributed by atoms with Crippen molar-refractivity contribution in [2.75, 3.05) is 15.9 Å². The molecule has 0 unspecified atom stereocenters. The first-order chi connectivity index (χ1) is 11.8. The Bertz CT molecular complexity index is 976. The van der Waals surface area contributed by atoms with Crippen LogP contribution in [0.3, 0.4) is 0 Å². The summed E-state index contributed by atoms with van der Waals surface area (Å²) in [4.78, 5) is 0.259. The summed E-state index contributed by atoms with van der Waals surface area (Å²) in [5.41, 5.74) is 2.26. The van der Waals surface area contributed by atoms with Crippen molar-refractivity contribution >= 4 is 41.7 Å². The van der Waals surface area contributed by atoms with Gasteiger partial charge in [0.25, 0.3) is 0 Å². The minimum Gasteiger partial charge on any atom is -0.283 e. The van der Waals surface area contributed by atoms with E-state index in [1.807, 2.05) is 6.07 Å². The van der Waals surface area contributed by atoms with Gasteiger partial charge in [0.05, 0.1) is 4.90 Å². The molecule has 0 radical (unpaired) electrons. The second-order valence-corrected chi connectivity index (χ2v) is 10.7. The molecule has 0 amide bonds. The molecule has 6 nitrogen and oxygen atoms in total. The Balaban J connectivity index is 1.88. The molecule has 1 aliphatic heterocycles. The van der Waals surface area contributed by atoms with E-state index >= 15 is 0 Å². The molecular weight excluding hydrogens is 428 g/mol. The molecule has 2 aromatic carbocycles. The van der Waals surface area contributed by atoms with Gasteiger partial charge in [-0.3, -0.25) is 4.72 Å². The Morgan fingerprint density at radius 2 is 1.72 bits per heavy atom. The standard InChI is InChI=1S/C16H17BrN2O4S2/c17-12-24(20,21)18-15-7-6-13-8-9-19(11-14(13)10-15)25(22,23)16-4-2-1-3-5-16/h1-7,10,18H,8-9,11-12H2. The van der Waals surface area contributed by atoms with Crippen LogP contribution < -0.4 is 4.72 Å². The number of anilines is 1. The van der Waals surface area contributed by atoms with Gasteiger partial charge >= 0.3 is 0 Å². The van der Waals surface area contributed by atoms with Gasteiger partial charge < -0.3 is 0 Å². The van der Waals surface area contributed by atoms with E-state index in [9.17, 15) is 16.8 Å². The normalized spacial score (nSPS) is 15.6. The summed E-state index contributed by atoms with van der Waals surface area (Å²) in [5, 5.41) is 0. The first kappa shape index (κ1) is 18.4. The molecule has 0 aromatic heterocycles. The van der Waals surface area contributed by atoms with Crippen LogP contribution in [0.2, 0.25) is 0 Å². The van der Waals surface area contributed by atoms with Crippen LogP contribution in [0.1, 0.15) is 11.1 Å². The predicted molar refractivity (Wildman–Crippen MR) is 101 cm³/mol. The molecule has 9 heteroatoms. The molecule has 0 fully saturated rings. The summed E-state index contributed by atoms with van der Waals surface area (Å²) < 4.78 is 52.6. The lowest BCUT2D eigenvalue weighted by atomic mass is 10.0. The summed E-state index contributed by atoms with van der Waals surface area (Å²) in [5.74, 6) is 0. The van der Waals surface area contributed by atoms with Gasteiger partial charge in [0.2, 0.25) is 20.0 Å². The molecule has 0 bridgehead atoms. The van der Waals surface area contributed by atoms with Crippen LogP contribution in [0, 0.1) is 0 Å². The number of fused-ring (bicyclic) bond motifs is 1. The van der Waals surface area contributed by atoms with Crippen molar-refractivity contribution in [2.24, 2.45) is 0 Å².